The second-order valence-corrected chi connectivity index (χ2v) is 9.56. The lowest BCUT2D eigenvalue weighted by atomic mass is 9.79. The van der Waals surface area contributed by atoms with Gasteiger partial charge in [0.05, 0.1) is 19.6 Å². The highest BCUT2D eigenvalue weighted by atomic mass is 19.3. The highest BCUT2D eigenvalue weighted by Crippen LogP contribution is 2.49. The van der Waals surface area contributed by atoms with Crippen LogP contribution in [0, 0.1) is 11.8 Å². The smallest absolute Gasteiger partial charge is 0.255 e. The van der Waals surface area contributed by atoms with Crippen LogP contribution in [0.1, 0.15) is 49.3 Å². The molecule has 0 radical (unpaired) electrons. The number of ether oxygens (including phenoxy) is 2. The summed E-state index contributed by atoms with van der Waals surface area (Å²) >= 11 is 0. The number of hydrogen-bond acceptors (Lipinski definition) is 4. The van der Waals surface area contributed by atoms with Crippen molar-refractivity contribution in [3.8, 4) is 11.5 Å². The average molecular weight is 407 g/mol. The van der Waals surface area contributed by atoms with Crippen molar-refractivity contribution in [1.82, 2.24) is 9.80 Å². The van der Waals surface area contributed by atoms with Gasteiger partial charge in [-0.15, -0.1) is 0 Å². The van der Waals surface area contributed by atoms with Crippen LogP contribution < -0.4 is 9.47 Å². The van der Waals surface area contributed by atoms with Gasteiger partial charge in [0.2, 0.25) is 0 Å². The second kappa shape index (κ2) is 7.38. The van der Waals surface area contributed by atoms with Gasteiger partial charge in [0.1, 0.15) is 0 Å². The van der Waals surface area contributed by atoms with Crippen LogP contribution in [0.4, 0.5) is 8.78 Å². The number of benzene rings is 1. The van der Waals surface area contributed by atoms with E-state index in [-0.39, 0.29) is 13.0 Å². The number of hydrogen-bond donors (Lipinski definition) is 0. The Kier molecular flexibility index (Phi) is 4.98. The number of rotatable bonds is 6. The van der Waals surface area contributed by atoms with Crippen LogP contribution in [0.5, 0.6) is 11.5 Å². The number of nitrogens with zero attached hydrogens (tertiary/aromatic N) is 2. The summed E-state index contributed by atoms with van der Waals surface area (Å²) in [7, 11) is 3.89. The van der Waals surface area contributed by atoms with E-state index < -0.39 is 11.8 Å². The lowest BCUT2D eigenvalue weighted by Crippen LogP contribution is -2.55. The topological polar surface area (TPSA) is 24.9 Å². The van der Waals surface area contributed by atoms with Crippen LogP contribution in [-0.2, 0) is 6.42 Å². The van der Waals surface area contributed by atoms with Gasteiger partial charge in [-0.2, -0.15) is 0 Å². The zero-order valence-electron chi connectivity index (χ0n) is 17.5. The third kappa shape index (κ3) is 3.74. The van der Waals surface area contributed by atoms with E-state index in [1.54, 1.807) is 7.11 Å². The predicted octanol–water partition coefficient (Wildman–Crippen LogP) is 4.13. The number of fused-ring (bicyclic) bond motifs is 3. The molecule has 0 bridgehead atoms. The molecule has 4 aliphatic rings. The maximum absolute atomic E-state index is 13.2. The molecule has 2 aliphatic heterocycles. The number of alkyl halides is 2. The average Bonchev–Trinajstić information content (AvgIpc) is 3.29. The van der Waals surface area contributed by atoms with E-state index in [2.05, 4.69) is 22.9 Å². The first-order chi connectivity index (χ1) is 13.9. The van der Waals surface area contributed by atoms with Crippen LogP contribution in [-0.4, -0.2) is 62.2 Å². The van der Waals surface area contributed by atoms with Crippen LogP contribution in [0.25, 0.3) is 0 Å². The van der Waals surface area contributed by atoms with Crippen molar-refractivity contribution in [2.75, 3.05) is 40.4 Å². The molecule has 0 amide bonds. The fourth-order valence-electron chi connectivity index (χ4n) is 5.31. The van der Waals surface area contributed by atoms with Crippen molar-refractivity contribution in [3.05, 3.63) is 23.3 Å². The van der Waals surface area contributed by atoms with Crippen molar-refractivity contribution in [2.45, 2.75) is 56.5 Å². The first kappa shape index (κ1) is 19.6. The quantitative estimate of drug-likeness (QED) is 0.709. The second-order valence-electron chi connectivity index (χ2n) is 9.56. The molecular formula is C23H32F2N2O2. The van der Waals surface area contributed by atoms with Gasteiger partial charge in [-0.3, -0.25) is 4.90 Å². The van der Waals surface area contributed by atoms with Gasteiger partial charge in [0, 0.05) is 38.1 Å². The lowest BCUT2D eigenvalue weighted by molar-refractivity contribution is 0.0217. The minimum Gasteiger partial charge on any atom is -0.493 e. The SMILES string of the molecule is COc1cc2c(cc1OCC1CC1(F)F)CCN1C[C@@H](CC3CCC3)N(C)CC21. The maximum Gasteiger partial charge on any atom is 0.255 e. The molecule has 0 aromatic heterocycles. The number of likely N-dealkylation sites (N-methyl/N-ethyl adjacent to an activating group) is 1. The van der Waals surface area contributed by atoms with Crippen molar-refractivity contribution in [2.24, 2.45) is 11.8 Å². The molecule has 0 N–H and O–H groups in total. The number of piperazine rings is 1. The monoisotopic (exact) mass is 406 g/mol. The first-order valence-electron chi connectivity index (χ1n) is 11.1. The molecule has 2 saturated carbocycles. The summed E-state index contributed by atoms with van der Waals surface area (Å²) in [6, 6.07) is 5.15. The summed E-state index contributed by atoms with van der Waals surface area (Å²) in [6.07, 6.45) is 6.46. The molecule has 3 atom stereocenters. The van der Waals surface area contributed by atoms with E-state index in [0.29, 0.717) is 23.6 Å². The van der Waals surface area contributed by atoms with Crippen molar-refractivity contribution in [1.29, 1.82) is 0 Å². The zero-order valence-corrected chi connectivity index (χ0v) is 17.5. The molecule has 0 spiro atoms. The Morgan fingerprint density at radius 1 is 1.17 bits per heavy atom. The number of halogens is 2. The molecule has 2 aliphatic carbocycles. The molecule has 29 heavy (non-hydrogen) atoms. The van der Waals surface area contributed by atoms with Crippen molar-refractivity contribution >= 4 is 0 Å². The Bertz CT molecular complexity index is 767. The fourth-order valence-corrected chi connectivity index (χ4v) is 5.31. The molecule has 6 heteroatoms. The number of methoxy groups -OCH3 is 1. The summed E-state index contributed by atoms with van der Waals surface area (Å²) in [5, 5.41) is 0. The van der Waals surface area contributed by atoms with E-state index in [4.69, 9.17) is 9.47 Å². The van der Waals surface area contributed by atoms with E-state index in [1.165, 1.54) is 36.8 Å². The minimum atomic E-state index is -2.55. The molecule has 4 nitrogen and oxygen atoms in total. The van der Waals surface area contributed by atoms with E-state index >= 15 is 0 Å². The first-order valence-corrected chi connectivity index (χ1v) is 11.1. The Labute approximate surface area is 172 Å². The standard InChI is InChI=1S/C23H32F2N2O2/c1-26-13-20-19-10-21(28-2)22(29-14-17-11-23(17,24)25)9-16(19)6-7-27(20)12-18(26)8-15-4-3-5-15/h9-10,15,17-18,20H,3-8,11-14H2,1-2H3/t17?,18-,20?/m1/s1. The van der Waals surface area contributed by atoms with E-state index in [9.17, 15) is 8.78 Å². The lowest BCUT2D eigenvalue weighted by Gasteiger charge is -2.49. The van der Waals surface area contributed by atoms with Crippen LogP contribution in [0.2, 0.25) is 0 Å². The van der Waals surface area contributed by atoms with E-state index in [0.717, 1.165) is 32.0 Å². The molecule has 3 fully saturated rings. The molecule has 1 aromatic rings. The van der Waals surface area contributed by atoms with Crippen LogP contribution in [0.15, 0.2) is 12.1 Å². The van der Waals surface area contributed by atoms with Crippen LogP contribution >= 0.6 is 0 Å². The maximum atomic E-state index is 13.2. The third-order valence-electron chi connectivity index (χ3n) is 7.65. The summed E-state index contributed by atoms with van der Waals surface area (Å²) in [5.41, 5.74) is 2.58. The summed E-state index contributed by atoms with van der Waals surface area (Å²) < 4.78 is 37.7. The summed E-state index contributed by atoms with van der Waals surface area (Å²) in [6.45, 7) is 3.28. The van der Waals surface area contributed by atoms with Crippen molar-refractivity contribution in [3.63, 3.8) is 0 Å². The summed E-state index contributed by atoms with van der Waals surface area (Å²) in [5.74, 6) is -1.01. The highest BCUT2D eigenvalue weighted by Gasteiger charge is 2.57. The van der Waals surface area contributed by atoms with Gasteiger partial charge in [0.25, 0.3) is 5.92 Å². The molecule has 2 unspecified atom stereocenters. The minimum absolute atomic E-state index is 0.0588. The van der Waals surface area contributed by atoms with Gasteiger partial charge in [-0.1, -0.05) is 19.3 Å². The predicted molar refractivity (Wildman–Crippen MR) is 108 cm³/mol. The molecule has 160 valence electrons. The molecular weight excluding hydrogens is 374 g/mol. The molecule has 5 rings (SSSR count). The molecule has 2 heterocycles. The highest BCUT2D eigenvalue weighted by molar-refractivity contribution is 5.50. The van der Waals surface area contributed by atoms with Crippen molar-refractivity contribution < 1.29 is 18.3 Å². The summed E-state index contributed by atoms with van der Waals surface area (Å²) in [4.78, 5) is 5.18. The molecule has 1 saturated heterocycles. The van der Waals surface area contributed by atoms with Gasteiger partial charge in [0.15, 0.2) is 11.5 Å². The van der Waals surface area contributed by atoms with E-state index in [1.807, 2.05) is 6.07 Å². The Balaban J connectivity index is 1.31. The zero-order chi connectivity index (χ0) is 20.2. The van der Waals surface area contributed by atoms with Gasteiger partial charge < -0.3 is 14.4 Å². The normalized spacial score (nSPS) is 31.5. The van der Waals surface area contributed by atoms with Crippen LogP contribution in [0.3, 0.4) is 0 Å². The Morgan fingerprint density at radius 2 is 1.97 bits per heavy atom. The van der Waals surface area contributed by atoms with Gasteiger partial charge in [-0.25, -0.2) is 8.78 Å². The molecule has 1 aromatic carbocycles. The Morgan fingerprint density at radius 3 is 2.62 bits per heavy atom. The third-order valence-corrected chi connectivity index (χ3v) is 7.65. The Hall–Kier alpha value is -1.40. The van der Waals surface area contributed by atoms with Gasteiger partial charge in [-0.05, 0) is 49.1 Å². The largest absolute Gasteiger partial charge is 0.493 e. The fraction of sp³-hybridized carbons (Fsp3) is 0.739. The van der Waals surface area contributed by atoms with Gasteiger partial charge >= 0.3 is 0 Å².